The van der Waals surface area contributed by atoms with Crippen LogP contribution in [0.4, 0.5) is 0 Å². The number of ether oxygens (including phenoxy) is 2. The average Bonchev–Trinajstić information content (AvgIpc) is 2.98. The van der Waals surface area contributed by atoms with Crippen molar-refractivity contribution < 1.29 is 26.9 Å². The highest BCUT2D eigenvalue weighted by Gasteiger charge is 2.21. The van der Waals surface area contributed by atoms with Gasteiger partial charge in [0.2, 0.25) is 5.91 Å². The van der Waals surface area contributed by atoms with Gasteiger partial charge in [0.1, 0.15) is 0 Å². The van der Waals surface area contributed by atoms with E-state index in [1.165, 1.54) is 14.0 Å². The summed E-state index contributed by atoms with van der Waals surface area (Å²) in [6.07, 6.45) is 2.97. The Morgan fingerprint density at radius 1 is 1.38 bits per heavy atom. The van der Waals surface area contributed by atoms with E-state index < -0.39 is 10.1 Å². The van der Waals surface area contributed by atoms with Crippen LogP contribution >= 0.6 is 0 Å². The monoisotopic (exact) mass is 357 g/mol. The fourth-order valence-corrected chi connectivity index (χ4v) is 3.06. The number of hydrogen-bond donors (Lipinski definition) is 0. The fraction of sp³-hybridized carbons (Fsp3) is 0.562. The van der Waals surface area contributed by atoms with Crippen molar-refractivity contribution in [3.05, 3.63) is 23.8 Å². The number of benzene rings is 1. The minimum Gasteiger partial charge on any atom is -0.493 e. The molecule has 1 fully saturated rings. The molecule has 1 heterocycles. The second-order valence-corrected chi connectivity index (χ2v) is 7.38. The van der Waals surface area contributed by atoms with E-state index in [1.807, 2.05) is 0 Å². The molecule has 0 aliphatic carbocycles. The van der Waals surface area contributed by atoms with Crippen molar-refractivity contribution >= 4 is 16.0 Å². The standard InChI is InChI=1S/C16H23NO6S/c1-12(18)17(11-14-5-4-8-22-14)10-13-6-7-15(21-2)16(9-13)23-24(3,19)20/h6-7,9,14H,4-5,8,10-11H2,1-3H3/t14-/m0/s1. The fourth-order valence-electron chi connectivity index (χ4n) is 2.61. The predicted molar refractivity (Wildman–Crippen MR) is 88.5 cm³/mol. The minimum atomic E-state index is -3.67. The van der Waals surface area contributed by atoms with Gasteiger partial charge in [-0.25, -0.2) is 0 Å². The van der Waals surface area contributed by atoms with Crippen LogP contribution in [0.1, 0.15) is 25.3 Å². The highest BCUT2D eigenvalue weighted by molar-refractivity contribution is 7.86. The van der Waals surface area contributed by atoms with Gasteiger partial charge < -0.3 is 18.6 Å². The van der Waals surface area contributed by atoms with Crippen molar-refractivity contribution in [2.24, 2.45) is 0 Å². The van der Waals surface area contributed by atoms with E-state index in [0.29, 0.717) is 18.8 Å². The SMILES string of the molecule is COc1ccc(CN(C[C@@H]2CCCO2)C(C)=O)cc1OS(C)(=O)=O. The van der Waals surface area contributed by atoms with Crippen LogP contribution in [0.15, 0.2) is 18.2 Å². The highest BCUT2D eigenvalue weighted by atomic mass is 32.2. The Hall–Kier alpha value is -1.80. The predicted octanol–water partition coefficient (Wildman–Crippen LogP) is 1.56. The number of rotatable bonds is 7. The molecule has 1 aromatic carbocycles. The molecule has 0 radical (unpaired) electrons. The number of hydrogen-bond acceptors (Lipinski definition) is 6. The topological polar surface area (TPSA) is 82.1 Å². The smallest absolute Gasteiger partial charge is 0.306 e. The lowest BCUT2D eigenvalue weighted by atomic mass is 10.1. The molecule has 1 amide bonds. The van der Waals surface area contributed by atoms with Gasteiger partial charge in [-0.05, 0) is 30.5 Å². The molecule has 1 saturated heterocycles. The van der Waals surface area contributed by atoms with E-state index >= 15 is 0 Å². The molecule has 0 unspecified atom stereocenters. The molecule has 8 heteroatoms. The van der Waals surface area contributed by atoms with Crippen LogP contribution in [0, 0.1) is 0 Å². The molecular formula is C16H23NO6S. The summed E-state index contributed by atoms with van der Waals surface area (Å²) in [7, 11) is -2.24. The Morgan fingerprint density at radius 2 is 2.12 bits per heavy atom. The first-order chi connectivity index (χ1) is 11.3. The summed E-state index contributed by atoms with van der Waals surface area (Å²) in [5.41, 5.74) is 0.752. The van der Waals surface area contributed by atoms with Crippen LogP contribution in [0.5, 0.6) is 11.5 Å². The average molecular weight is 357 g/mol. The maximum Gasteiger partial charge on any atom is 0.306 e. The number of carbonyl (C=O) groups is 1. The highest BCUT2D eigenvalue weighted by Crippen LogP contribution is 2.29. The summed E-state index contributed by atoms with van der Waals surface area (Å²) >= 11 is 0. The Morgan fingerprint density at radius 3 is 2.67 bits per heavy atom. The van der Waals surface area contributed by atoms with E-state index in [4.69, 9.17) is 13.7 Å². The molecule has 0 N–H and O–H groups in total. The van der Waals surface area contributed by atoms with E-state index in [-0.39, 0.29) is 17.8 Å². The third kappa shape index (κ3) is 5.38. The lowest BCUT2D eigenvalue weighted by molar-refractivity contribution is -0.131. The van der Waals surface area contributed by atoms with Crippen molar-refractivity contribution in [3.63, 3.8) is 0 Å². The molecule has 0 bridgehead atoms. The third-order valence-corrected chi connectivity index (χ3v) is 4.22. The van der Waals surface area contributed by atoms with E-state index in [9.17, 15) is 13.2 Å². The third-order valence-electron chi connectivity index (χ3n) is 3.74. The molecule has 7 nitrogen and oxygen atoms in total. The zero-order valence-corrected chi connectivity index (χ0v) is 15.0. The maximum absolute atomic E-state index is 11.9. The van der Waals surface area contributed by atoms with Gasteiger partial charge in [0.05, 0.1) is 19.5 Å². The first-order valence-electron chi connectivity index (χ1n) is 7.72. The van der Waals surface area contributed by atoms with Gasteiger partial charge in [-0.3, -0.25) is 4.79 Å². The zero-order valence-electron chi connectivity index (χ0n) is 14.1. The van der Waals surface area contributed by atoms with Gasteiger partial charge in [0.15, 0.2) is 11.5 Å². The van der Waals surface area contributed by atoms with Gasteiger partial charge in [0, 0.05) is 26.6 Å². The van der Waals surface area contributed by atoms with Gasteiger partial charge in [0.25, 0.3) is 0 Å². The van der Waals surface area contributed by atoms with Gasteiger partial charge in [-0.15, -0.1) is 0 Å². The molecule has 134 valence electrons. The molecule has 1 aliphatic rings. The Bertz CT molecular complexity index is 682. The van der Waals surface area contributed by atoms with Crippen molar-refractivity contribution in [2.75, 3.05) is 26.5 Å². The number of methoxy groups -OCH3 is 1. The van der Waals surface area contributed by atoms with E-state index in [1.54, 1.807) is 23.1 Å². The Labute approximate surface area is 142 Å². The van der Waals surface area contributed by atoms with Crippen LogP contribution in [-0.4, -0.2) is 51.8 Å². The van der Waals surface area contributed by atoms with E-state index in [2.05, 4.69) is 0 Å². The van der Waals surface area contributed by atoms with Gasteiger partial charge in [-0.1, -0.05) is 6.07 Å². The van der Waals surface area contributed by atoms with Gasteiger partial charge >= 0.3 is 10.1 Å². The molecule has 0 aromatic heterocycles. The van der Waals surface area contributed by atoms with Crippen LogP contribution < -0.4 is 8.92 Å². The molecule has 1 aromatic rings. The summed E-state index contributed by atoms with van der Waals surface area (Å²) in [6.45, 7) is 3.10. The van der Waals surface area contributed by atoms with Crippen LogP contribution in [0.25, 0.3) is 0 Å². The summed E-state index contributed by atoms with van der Waals surface area (Å²) in [4.78, 5) is 13.6. The zero-order chi connectivity index (χ0) is 17.7. The molecular weight excluding hydrogens is 334 g/mol. The lowest BCUT2D eigenvalue weighted by Gasteiger charge is -2.24. The van der Waals surface area contributed by atoms with Crippen LogP contribution in [0.3, 0.4) is 0 Å². The molecule has 0 saturated carbocycles. The normalized spacial score (nSPS) is 17.5. The second-order valence-electron chi connectivity index (χ2n) is 5.81. The largest absolute Gasteiger partial charge is 0.493 e. The minimum absolute atomic E-state index is 0.0545. The maximum atomic E-state index is 11.9. The molecule has 1 atom stereocenters. The molecule has 2 rings (SSSR count). The lowest BCUT2D eigenvalue weighted by Crippen LogP contribution is -2.35. The van der Waals surface area contributed by atoms with Crippen molar-refractivity contribution in [1.82, 2.24) is 4.90 Å². The first kappa shape index (κ1) is 18.5. The van der Waals surface area contributed by atoms with Crippen molar-refractivity contribution in [2.45, 2.75) is 32.4 Å². The van der Waals surface area contributed by atoms with Crippen molar-refractivity contribution in [3.8, 4) is 11.5 Å². The molecule has 0 spiro atoms. The van der Waals surface area contributed by atoms with Gasteiger partial charge in [-0.2, -0.15) is 8.42 Å². The van der Waals surface area contributed by atoms with Crippen LogP contribution in [0.2, 0.25) is 0 Å². The Balaban J connectivity index is 2.16. The first-order valence-corrected chi connectivity index (χ1v) is 9.53. The summed E-state index contributed by atoms with van der Waals surface area (Å²) in [5.74, 6) is 0.364. The summed E-state index contributed by atoms with van der Waals surface area (Å²) in [5, 5.41) is 0. The quantitative estimate of drug-likeness (QED) is 0.689. The Kier molecular flexibility index (Phi) is 6.06. The summed E-state index contributed by atoms with van der Waals surface area (Å²) < 4.78 is 38.4. The van der Waals surface area contributed by atoms with Crippen LogP contribution in [-0.2, 0) is 26.2 Å². The number of carbonyl (C=O) groups excluding carboxylic acids is 1. The van der Waals surface area contributed by atoms with Crippen molar-refractivity contribution in [1.29, 1.82) is 0 Å². The number of amides is 1. The second kappa shape index (κ2) is 7.85. The molecule has 24 heavy (non-hydrogen) atoms. The van der Waals surface area contributed by atoms with E-state index in [0.717, 1.165) is 31.3 Å². The molecule has 1 aliphatic heterocycles. The number of nitrogens with zero attached hydrogens (tertiary/aromatic N) is 1. The summed E-state index contributed by atoms with van der Waals surface area (Å²) in [6, 6.07) is 4.98.